The second-order valence-corrected chi connectivity index (χ2v) is 11.4. The Hall–Kier alpha value is -3.07. The molecule has 1 saturated carbocycles. The fraction of sp³-hybridized carbons (Fsp3) is 0.286. The first-order chi connectivity index (χ1) is 17.4. The highest BCUT2D eigenvalue weighted by molar-refractivity contribution is 7.89. The molecule has 0 bridgehead atoms. The zero-order valence-electron chi connectivity index (χ0n) is 20.3. The van der Waals surface area contributed by atoms with Crippen LogP contribution in [0.1, 0.15) is 49.1 Å². The lowest BCUT2D eigenvalue weighted by atomic mass is 9.90. The van der Waals surface area contributed by atoms with Crippen molar-refractivity contribution in [3.63, 3.8) is 0 Å². The molecule has 0 aliphatic heterocycles. The van der Waals surface area contributed by atoms with Crippen molar-refractivity contribution in [1.29, 1.82) is 0 Å². The van der Waals surface area contributed by atoms with Gasteiger partial charge in [-0.25, -0.2) is 8.42 Å². The van der Waals surface area contributed by atoms with Crippen LogP contribution in [0.5, 0.6) is 0 Å². The van der Waals surface area contributed by atoms with Crippen LogP contribution >= 0.6 is 12.2 Å². The van der Waals surface area contributed by atoms with Crippen LogP contribution in [0.3, 0.4) is 0 Å². The van der Waals surface area contributed by atoms with E-state index in [0.29, 0.717) is 5.69 Å². The summed E-state index contributed by atoms with van der Waals surface area (Å²) in [5, 5.41) is 5.92. The number of carbonyl (C=O) groups is 1. The molecule has 1 amide bonds. The van der Waals surface area contributed by atoms with Crippen molar-refractivity contribution in [3.05, 3.63) is 96.1 Å². The van der Waals surface area contributed by atoms with Crippen LogP contribution in [0.25, 0.3) is 0 Å². The Labute approximate surface area is 218 Å². The summed E-state index contributed by atoms with van der Waals surface area (Å²) in [5.41, 5.74) is 2.32. The van der Waals surface area contributed by atoms with Crippen molar-refractivity contribution in [3.8, 4) is 0 Å². The van der Waals surface area contributed by atoms with Gasteiger partial charge < -0.3 is 10.6 Å². The lowest BCUT2D eigenvalue weighted by Crippen LogP contribution is -2.38. The van der Waals surface area contributed by atoms with E-state index < -0.39 is 15.9 Å². The van der Waals surface area contributed by atoms with Crippen molar-refractivity contribution in [1.82, 2.24) is 9.62 Å². The zero-order chi connectivity index (χ0) is 25.5. The summed E-state index contributed by atoms with van der Waals surface area (Å²) in [7, 11) is -1.91. The standard InChI is InChI=1S/C28H31N3O3S2/c1-31(24-15-9-4-10-16-24)36(33,34)25-19-17-23(18-20-25)29-28(35)30-27(32)26(21-11-5-2-6-12-21)22-13-7-3-8-14-22/h2-3,5-8,11-14,17-20,24,26H,4,9-10,15-16H2,1H3,(H2,29,30,32,35). The summed E-state index contributed by atoms with van der Waals surface area (Å²) in [6.45, 7) is 0. The summed E-state index contributed by atoms with van der Waals surface area (Å²) < 4.78 is 27.7. The van der Waals surface area contributed by atoms with E-state index in [-0.39, 0.29) is 22.0 Å². The maximum Gasteiger partial charge on any atom is 0.243 e. The molecular weight excluding hydrogens is 490 g/mol. The predicted octanol–water partition coefficient (Wildman–Crippen LogP) is 5.28. The first-order valence-electron chi connectivity index (χ1n) is 12.2. The van der Waals surface area contributed by atoms with Gasteiger partial charge in [0.2, 0.25) is 15.9 Å². The molecule has 6 nitrogen and oxygen atoms in total. The van der Waals surface area contributed by atoms with E-state index in [1.165, 1.54) is 10.7 Å². The number of nitrogens with one attached hydrogen (secondary N) is 2. The number of hydrogen-bond acceptors (Lipinski definition) is 4. The second kappa shape index (κ2) is 11.8. The highest BCUT2D eigenvalue weighted by Gasteiger charge is 2.29. The van der Waals surface area contributed by atoms with E-state index in [1.807, 2.05) is 60.7 Å². The summed E-state index contributed by atoms with van der Waals surface area (Å²) in [6.07, 6.45) is 5.09. The molecule has 0 saturated heterocycles. The molecule has 0 aromatic heterocycles. The lowest BCUT2D eigenvalue weighted by molar-refractivity contribution is -0.120. The summed E-state index contributed by atoms with van der Waals surface area (Å²) in [5.74, 6) is -0.770. The van der Waals surface area contributed by atoms with E-state index in [0.717, 1.165) is 36.8 Å². The fourth-order valence-electron chi connectivity index (χ4n) is 4.65. The minimum absolute atomic E-state index is 0.0477. The summed E-state index contributed by atoms with van der Waals surface area (Å²) in [6, 6.07) is 25.6. The van der Waals surface area contributed by atoms with Gasteiger partial charge in [0.15, 0.2) is 5.11 Å². The SMILES string of the molecule is CN(C1CCCCC1)S(=O)(=O)c1ccc(NC(=S)NC(=O)C(c2ccccc2)c2ccccc2)cc1. The Bertz CT molecular complexity index is 1240. The van der Waals surface area contributed by atoms with Gasteiger partial charge in [-0.1, -0.05) is 79.9 Å². The van der Waals surface area contributed by atoms with Gasteiger partial charge in [-0.3, -0.25) is 4.79 Å². The molecule has 3 aromatic rings. The van der Waals surface area contributed by atoms with Crippen molar-refractivity contribution >= 4 is 38.9 Å². The molecule has 8 heteroatoms. The van der Waals surface area contributed by atoms with E-state index in [9.17, 15) is 13.2 Å². The highest BCUT2D eigenvalue weighted by Crippen LogP contribution is 2.27. The average Bonchev–Trinajstić information content (AvgIpc) is 2.90. The molecule has 188 valence electrons. The van der Waals surface area contributed by atoms with Gasteiger partial charge in [0.05, 0.1) is 10.8 Å². The van der Waals surface area contributed by atoms with Crippen molar-refractivity contribution in [2.45, 2.75) is 49.0 Å². The number of carbonyl (C=O) groups excluding carboxylic acids is 1. The second-order valence-electron chi connectivity index (χ2n) is 9.04. The number of sulfonamides is 1. The number of amides is 1. The Kier molecular flexibility index (Phi) is 8.51. The molecule has 0 radical (unpaired) electrons. The fourth-order valence-corrected chi connectivity index (χ4v) is 6.28. The van der Waals surface area contributed by atoms with Crippen LogP contribution in [-0.2, 0) is 14.8 Å². The van der Waals surface area contributed by atoms with Gasteiger partial charge in [0.1, 0.15) is 0 Å². The van der Waals surface area contributed by atoms with E-state index in [2.05, 4.69) is 10.6 Å². The Morgan fingerprint density at radius 2 is 1.39 bits per heavy atom. The largest absolute Gasteiger partial charge is 0.332 e. The molecule has 0 heterocycles. The third-order valence-electron chi connectivity index (χ3n) is 6.64. The third-order valence-corrected chi connectivity index (χ3v) is 8.77. The molecule has 36 heavy (non-hydrogen) atoms. The van der Waals surface area contributed by atoms with Crippen molar-refractivity contribution < 1.29 is 13.2 Å². The van der Waals surface area contributed by atoms with Crippen LogP contribution in [0.4, 0.5) is 5.69 Å². The molecule has 4 rings (SSSR count). The molecule has 1 aliphatic rings. The number of nitrogens with zero attached hydrogens (tertiary/aromatic N) is 1. The maximum absolute atomic E-state index is 13.2. The summed E-state index contributed by atoms with van der Waals surface area (Å²) >= 11 is 5.40. The van der Waals surface area contributed by atoms with Crippen LogP contribution in [0, 0.1) is 0 Å². The maximum atomic E-state index is 13.2. The number of hydrogen-bond donors (Lipinski definition) is 2. The number of benzene rings is 3. The molecule has 3 aromatic carbocycles. The Morgan fingerprint density at radius 1 is 0.861 bits per heavy atom. The van der Waals surface area contributed by atoms with Crippen molar-refractivity contribution in [2.75, 3.05) is 12.4 Å². The summed E-state index contributed by atoms with van der Waals surface area (Å²) in [4.78, 5) is 13.5. The smallest absolute Gasteiger partial charge is 0.243 e. The molecule has 0 unspecified atom stereocenters. The monoisotopic (exact) mass is 521 g/mol. The predicted molar refractivity (Wildman–Crippen MR) is 147 cm³/mol. The number of thiocarbonyl (C=S) groups is 1. The van der Waals surface area contributed by atoms with Gasteiger partial charge in [-0.05, 0) is 60.5 Å². The number of rotatable bonds is 7. The topological polar surface area (TPSA) is 78.5 Å². The third kappa shape index (κ3) is 6.19. The van der Waals surface area contributed by atoms with Gasteiger partial charge >= 0.3 is 0 Å². The molecule has 1 fully saturated rings. The van der Waals surface area contributed by atoms with E-state index >= 15 is 0 Å². The van der Waals surface area contributed by atoms with Crippen LogP contribution < -0.4 is 10.6 Å². The van der Waals surface area contributed by atoms with Gasteiger partial charge in [0, 0.05) is 18.8 Å². The Balaban J connectivity index is 1.42. The molecule has 0 atom stereocenters. The van der Waals surface area contributed by atoms with Crippen LogP contribution in [0.15, 0.2) is 89.8 Å². The van der Waals surface area contributed by atoms with Gasteiger partial charge in [-0.15, -0.1) is 0 Å². The first-order valence-corrected chi connectivity index (χ1v) is 14.0. The molecule has 1 aliphatic carbocycles. The van der Waals surface area contributed by atoms with E-state index in [4.69, 9.17) is 12.2 Å². The average molecular weight is 522 g/mol. The quantitative estimate of drug-likeness (QED) is 0.414. The lowest BCUT2D eigenvalue weighted by Gasteiger charge is -2.30. The molecule has 0 spiro atoms. The van der Waals surface area contributed by atoms with Crippen molar-refractivity contribution in [2.24, 2.45) is 0 Å². The van der Waals surface area contributed by atoms with E-state index in [1.54, 1.807) is 31.3 Å². The Morgan fingerprint density at radius 3 is 1.92 bits per heavy atom. The normalized spacial score (nSPS) is 14.5. The molecular formula is C28H31N3O3S2. The highest BCUT2D eigenvalue weighted by atomic mass is 32.2. The zero-order valence-corrected chi connectivity index (χ0v) is 21.9. The number of anilines is 1. The minimum Gasteiger partial charge on any atom is -0.332 e. The minimum atomic E-state index is -3.57. The van der Waals surface area contributed by atoms with Crippen LogP contribution in [-0.4, -0.2) is 36.8 Å². The first kappa shape index (κ1) is 26.0. The van der Waals surface area contributed by atoms with Gasteiger partial charge in [-0.2, -0.15) is 4.31 Å². The molecule has 2 N–H and O–H groups in total. The van der Waals surface area contributed by atoms with Crippen LogP contribution in [0.2, 0.25) is 0 Å². The van der Waals surface area contributed by atoms with Gasteiger partial charge in [0.25, 0.3) is 0 Å².